The van der Waals surface area contributed by atoms with Gasteiger partial charge in [-0.2, -0.15) is 0 Å². The molecule has 1 saturated heterocycles. The van der Waals surface area contributed by atoms with E-state index in [0.29, 0.717) is 6.54 Å². The number of carbonyl (C=O) groups is 1. The molecule has 1 aliphatic heterocycles. The Hall–Kier alpha value is -1.55. The second-order valence-corrected chi connectivity index (χ2v) is 4.72. The van der Waals surface area contributed by atoms with Crippen molar-refractivity contribution in [1.82, 2.24) is 5.32 Å². The van der Waals surface area contributed by atoms with Gasteiger partial charge in [0.05, 0.1) is 6.10 Å². The van der Waals surface area contributed by atoms with Crippen LogP contribution in [0.25, 0.3) is 0 Å². The van der Waals surface area contributed by atoms with Gasteiger partial charge in [-0.1, -0.05) is 12.1 Å². The molecule has 4 heteroatoms. The summed E-state index contributed by atoms with van der Waals surface area (Å²) in [6, 6.07) is 5.72. The van der Waals surface area contributed by atoms with Crippen LogP contribution < -0.4 is 10.6 Å². The van der Waals surface area contributed by atoms with Crippen molar-refractivity contribution >= 4 is 11.7 Å². The first-order valence-corrected chi connectivity index (χ1v) is 6.39. The summed E-state index contributed by atoms with van der Waals surface area (Å²) in [7, 11) is 0. The van der Waals surface area contributed by atoms with Crippen LogP contribution in [0.3, 0.4) is 0 Å². The minimum atomic E-state index is -0.167. The second kappa shape index (κ2) is 5.87. The van der Waals surface area contributed by atoms with Gasteiger partial charge in [0.1, 0.15) is 0 Å². The Bertz CT molecular complexity index is 426. The predicted octanol–water partition coefficient (Wildman–Crippen LogP) is 2.60. The first kappa shape index (κ1) is 12.9. The lowest BCUT2D eigenvalue weighted by Gasteiger charge is -2.13. The molecule has 0 spiro atoms. The number of urea groups is 1. The van der Waals surface area contributed by atoms with Crippen molar-refractivity contribution < 1.29 is 9.53 Å². The molecular formula is C14H20N2O2. The van der Waals surface area contributed by atoms with Gasteiger partial charge in [-0.3, -0.25) is 0 Å². The SMILES string of the molecule is Cc1cccc(NC(=O)NCC2CCCO2)c1C. The third-order valence-electron chi connectivity index (χ3n) is 3.37. The normalized spacial score (nSPS) is 18.7. The molecule has 0 radical (unpaired) electrons. The zero-order valence-electron chi connectivity index (χ0n) is 11.0. The Morgan fingerprint density at radius 3 is 3.00 bits per heavy atom. The smallest absolute Gasteiger partial charge is 0.319 e. The van der Waals surface area contributed by atoms with Crippen LogP contribution in [0.15, 0.2) is 18.2 Å². The fourth-order valence-electron chi connectivity index (χ4n) is 2.06. The van der Waals surface area contributed by atoms with E-state index < -0.39 is 0 Å². The Balaban J connectivity index is 1.84. The van der Waals surface area contributed by atoms with Crippen molar-refractivity contribution in [2.45, 2.75) is 32.8 Å². The highest BCUT2D eigenvalue weighted by Crippen LogP contribution is 2.17. The van der Waals surface area contributed by atoms with E-state index in [1.54, 1.807) is 0 Å². The van der Waals surface area contributed by atoms with Crippen LogP contribution in [-0.4, -0.2) is 25.3 Å². The Kier molecular flexibility index (Phi) is 4.20. The molecule has 2 rings (SSSR count). The van der Waals surface area contributed by atoms with E-state index in [2.05, 4.69) is 10.6 Å². The zero-order chi connectivity index (χ0) is 13.0. The molecule has 1 fully saturated rings. The highest BCUT2D eigenvalue weighted by molar-refractivity contribution is 5.90. The molecule has 2 N–H and O–H groups in total. The average molecular weight is 248 g/mol. The van der Waals surface area contributed by atoms with E-state index in [9.17, 15) is 4.79 Å². The number of hydrogen-bond acceptors (Lipinski definition) is 2. The number of rotatable bonds is 3. The summed E-state index contributed by atoms with van der Waals surface area (Å²) >= 11 is 0. The van der Waals surface area contributed by atoms with Crippen molar-refractivity contribution in [3.05, 3.63) is 29.3 Å². The number of aryl methyl sites for hydroxylation is 1. The van der Waals surface area contributed by atoms with Crippen LogP contribution in [-0.2, 0) is 4.74 Å². The predicted molar refractivity (Wildman–Crippen MR) is 71.9 cm³/mol. The third kappa shape index (κ3) is 3.23. The van der Waals surface area contributed by atoms with Gasteiger partial charge in [-0.25, -0.2) is 4.79 Å². The second-order valence-electron chi connectivity index (χ2n) is 4.72. The van der Waals surface area contributed by atoms with Crippen LogP contribution in [0.2, 0.25) is 0 Å². The number of amides is 2. The van der Waals surface area contributed by atoms with E-state index in [4.69, 9.17) is 4.74 Å². The lowest BCUT2D eigenvalue weighted by atomic mass is 10.1. The summed E-state index contributed by atoms with van der Waals surface area (Å²) in [5.41, 5.74) is 3.14. The van der Waals surface area contributed by atoms with Gasteiger partial charge in [0.15, 0.2) is 0 Å². The molecule has 0 bridgehead atoms. The highest BCUT2D eigenvalue weighted by atomic mass is 16.5. The molecule has 1 heterocycles. The molecule has 98 valence electrons. The molecule has 0 aromatic heterocycles. The van der Waals surface area contributed by atoms with E-state index in [-0.39, 0.29) is 12.1 Å². The highest BCUT2D eigenvalue weighted by Gasteiger charge is 2.16. The van der Waals surface area contributed by atoms with Crippen LogP contribution in [0, 0.1) is 13.8 Å². The van der Waals surface area contributed by atoms with Gasteiger partial charge in [-0.05, 0) is 43.9 Å². The van der Waals surface area contributed by atoms with Crippen molar-refractivity contribution in [2.75, 3.05) is 18.5 Å². The van der Waals surface area contributed by atoms with E-state index >= 15 is 0 Å². The fourth-order valence-corrected chi connectivity index (χ4v) is 2.06. The number of carbonyl (C=O) groups excluding carboxylic acids is 1. The Morgan fingerprint density at radius 2 is 2.28 bits per heavy atom. The van der Waals surface area contributed by atoms with E-state index in [1.165, 1.54) is 5.56 Å². The number of hydrogen-bond donors (Lipinski definition) is 2. The minimum absolute atomic E-state index is 0.167. The minimum Gasteiger partial charge on any atom is -0.376 e. The summed E-state index contributed by atoms with van der Waals surface area (Å²) in [4.78, 5) is 11.8. The van der Waals surface area contributed by atoms with Crippen molar-refractivity contribution in [1.29, 1.82) is 0 Å². The standard InChI is InChI=1S/C14H20N2O2/c1-10-5-3-7-13(11(10)2)16-14(17)15-9-12-6-4-8-18-12/h3,5,7,12H,4,6,8-9H2,1-2H3,(H2,15,16,17). The molecule has 1 aliphatic rings. The van der Waals surface area contributed by atoms with Crippen LogP contribution in [0.4, 0.5) is 10.5 Å². The van der Waals surface area contributed by atoms with Gasteiger partial charge in [0.25, 0.3) is 0 Å². The van der Waals surface area contributed by atoms with E-state index in [1.807, 2.05) is 32.0 Å². The third-order valence-corrected chi connectivity index (χ3v) is 3.37. The Labute approximate surface area is 108 Å². The first-order chi connectivity index (χ1) is 8.66. The number of anilines is 1. The maximum Gasteiger partial charge on any atom is 0.319 e. The summed E-state index contributed by atoms with van der Waals surface area (Å²) < 4.78 is 5.45. The monoisotopic (exact) mass is 248 g/mol. The quantitative estimate of drug-likeness (QED) is 0.864. The molecule has 1 unspecified atom stereocenters. The summed E-state index contributed by atoms with van der Waals surface area (Å²) in [5.74, 6) is 0. The van der Waals surface area contributed by atoms with Gasteiger partial charge in [-0.15, -0.1) is 0 Å². The summed E-state index contributed by atoms with van der Waals surface area (Å²) in [5, 5.41) is 5.71. The maximum absolute atomic E-state index is 11.8. The fraction of sp³-hybridized carbons (Fsp3) is 0.500. The molecule has 1 aromatic rings. The number of nitrogens with one attached hydrogen (secondary N) is 2. The lowest BCUT2D eigenvalue weighted by molar-refractivity contribution is 0.112. The molecule has 1 atom stereocenters. The molecular weight excluding hydrogens is 228 g/mol. The maximum atomic E-state index is 11.8. The van der Waals surface area contributed by atoms with E-state index in [0.717, 1.165) is 30.7 Å². The van der Waals surface area contributed by atoms with Crippen LogP contribution in [0.5, 0.6) is 0 Å². The average Bonchev–Trinajstić information content (AvgIpc) is 2.86. The molecule has 18 heavy (non-hydrogen) atoms. The molecule has 4 nitrogen and oxygen atoms in total. The van der Waals surface area contributed by atoms with Gasteiger partial charge in [0, 0.05) is 18.8 Å². The van der Waals surface area contributed by atoms with Gasteiger partial charge >= 0.3 is 6.03 Å². The largest absolute Gasteiger partial charge is 0.376 e. The zero-order valence-corrected chi connectivity index (χ0v) is 11.0. The molecule has 0 aliphatic carbocycles. The van der Waals surface area contributed by atoms with Crippen molar-refractivity contribution in [2.24, 2.45) is 0 Å². The first-order valence-electron chi connectivity index (χ1n) is 6.39. The van der Waals surface area contributed by atoms with Crippen molar-refractivity contribution in [3.8, 4) is 0 Å². The molecule has 1 aromatic carbocycles. The lowest BCUT2D eigenvalue weighted by Crippen LogP contribution is -2.35. The van der Waals surface area contributed by atoms with Gasteiger partial charge in [0.2, 0.25) is 0 Å². The topological polar surface area (TPSA) is 50.4 Å². The molecule has 2 amide bonds. The van der Waals surface area contributed by atoms with Crippen molar-refractivity contribution in [3.63, 3.8) is 0 Å². The number of benzene rings is 1. The summed E-state index contributed by atoms with van der Waals surface area (Å²) in [6.45, 7) is 5.43. The van der Waals surface area contributed by atoms with Gasteiger partial charge < -0.3 is 15.4 Å². The summed E-state index contributed by atoms with van der Waals surface area (Å²) in [6.07, 6.45) is 2.30. The van der Waals surface area contributed by atoms with Crippen LogP contribution in [0.1, 0.15) is 24.0 Å². The Morgan fingerprint density at radius 1 is 1.44 bits per heavy atom. The molecule has 0 saturated carbocycles. The number of ether oxygens (including phenoxy) is 1. The van der Waals surface area contributed by atoms with Crippen LogP contribution >= 0.6 is 0 Å².